The Labute approximate surface area is 126 Å². The van der Waals surface area contributed by atoms with Crippen molar-refractivity contribution in [3.05, 3.63) is 53.7 Å². The van der Waals surface area contributed by atoms with Crippen molar-refractivity contribution in [3.63, 3.8) is 0 Å². The molecule has 0 atom stereocenters. The van der Waals surface area contributed by atoms with Gasteiger partial charge in [0.05, 0.1) is 17.1 Å². The predicted molar refractivity (Wildman–Crippen MR) is 87.1 cm³/mol. The molecule has 3 aromatic rings. The van der Waals surface area contributed by atoms with Crippen LogP contribution in [-0.2, 0) is 4.79 Å². The first-order chi connectivity index (χ1) is 10.2. The zero-order valence-electron chi connectivity index (χ0n) is 11.1. The maximum absolute atomic E-state index is 11.8. The zero-order valence-corrected chi connectivity index (χ0v) is 11.9. The molecule has 1 aliphatic heterocycles. The van der Waals surface area contributed by atoms with Gasteiger partial charge in [0.25, 0.3) is 0 Å². The quantitative estimate of drug-likeness (QED) is 0.547. The van der Waals surface area contributed by atoms with E-state index in [0.717, 1.165) is 27.5 Å². The minimum atomic E-state index is 0.0390. The second kappa shape index (κ2) is 4.53. The molecule has 1 aliphatic rings. The summed E-state index contributed by atoms with van der Waals surface area (Å²) in [5.74, 6) is 0.0390. The first-order valence-corrected chi connectivity index (χ1v) is 7.07. The molecule has 0 unspecified atom stereocenters. The lowest BCUT2D eigenvalue weighted by molar-refractivity contribution is -0.113. The van der Waals surface area contributed by atoms with Gasteiger partial charge in [0.2, 0.25) is 0 Å². The molecular weight excluding hydrogens is 282 g/mol. The minimum absolute atomic E-state index is 0.0390. The summed E-state index contributed by atoms with van der Waals surface area (Å²) >= 11 is 5.03. The maximum atomic E-state index is 11.8. The van der Waals surface area contributed by atoms with Crippen LogP contribution in [0.4, 0.5) is 0 Å². The van der Waals surface area contributed by atoms with Gasteiger partial charge < -0.3 is 9.73 Å². The van der Waals surface area contributed by atoms with Gasteiger partial charge in [-0.25, -0.2) is 0 Å². The van der Waals surface area contributed by atoms with E-state index in [9.17, 15) is 4.79 Å². The SMILES string of the molecule is O=C1CC(=S)N/C1=C\c1ccc2oc3ccccc3c2c1. The average molecular weight is 293 g/mol. The molecule has 0 saturated carbocycles. The molecule has 0 aliphatic carbocycles. The molecule has 0 spiro atoms. The summed E-state index contributed by atoms with van der Waals surface area (Å²) in [4.78, 5) is 12.4. The molecule has 0 radical (unpaired) electrons. The number of carbonyl (C=O) groups excluding carboxylic acids is 1. The van der Waals surface area contributed by atoms with Gasteiger partial charge in [-0.3, -0.25) is 4.79 Å². The fourth-order valence-electron chi connectivity index (χ4n) is 2.62. The van der Waals surface area contributed by atoms with Crippen LogP contribution in [0.15, 0.2) is 52.6 Å². The number of carbonyl (C=O) groups is 1. The normalized spacial score (nSPS) is 17.0. The van der Waals surface area contributed by atoms with E-state index < -0.39 is 0 Å². The molecule has 0 amide bonds. The molecule has 21 heavy (non-hydrogen) atoms. The lowest BCUT2D eigenvalue weighted by Crippen LogP contribution is -2.10. The molecule has 1 saturated heterocycles. The van der Waals surface area contributed by atoms with Gasteiger partial charge in [0.15, 0.2) is 5.78 Å². The van der Waals surface area contributed by atoms with Crippen molar-refractivity contribution in [1.29, 1.82) is 0 Å². The van der Waals surface area contributed by atoms with Crippen LogP contribution in [0.3, 0.4) is 0 Å². The molecule has 2 aromatic carbocycles. The van der Waals surface area contributed by atoms with Crippen molar-refractivity contribution in [2.24, 2.45) is 0 Å². The summed E-state index contributed by atoms with van der Waals surface area (Å²) in [5, 5.41) is 5.08. The van der Waals surface area contributed by atoms with E-state index in [4.69, 9.17) is 16.6 Å². The number of Topliss-reactive ketones (excluding diaryl/α,β-unsaturated/α-hetero) is 1. The van der Waals surface area contributed by atoms with Crippen LogP contribution < -0.4 is 5.32 Å². The number of hydrogen-bond donors (Lipinski definition) is 1. The highest BCUT2D eigenvalue weighted by molar-refractivity contribution is 7.80. The van der Waals surface area contributed by atoms with Gasteiger partial charge >= 0.3 is 0 Å². The van der Waals surface area contributed by atoms with Crippen molar-refractivity contribution >= 4 is 51.0 Å². The fourth-order valence-corrected chi connectivity index (χ4v) is 2.86. The third-order valence-electron chi connectivity index (χ3n) is 3.61. The first kappa shape index (κ1) is 12.3. The van der Waals surface area contributed by atoms with Crippen molar-refractivity contribution in [1.82, 2.24) is 5.32 Å². The van der Waals surface area contributed by atoms with E-state index in [-0.39, 0.29) is 5.78 Å². The van der Waals surface area contributed by atoms with Crippen molar-refractivity contribution in [2.45, 2.75) is 6.42 Å². The van der Waals surface area contributed by atoms with Gasteiger partial charge in [0, 0.05) is 10.8 Å². The van der Waals surface area contributed by atoms with Gasteiger partial charge in [-0.2, -0.15) is 0 Å². The third kappa shape index (κ3) is 2.04. The number of furan rings is 1. The van der Waals surface area contributed by atoms with E-state index in [0.29, 0.717) is 17.1 Å². The fraction of sp³-hybridized carbons (Fsp3) is 0.0588. The van der Waals surface area contributed by atoms with E-state index in [2.05, 4.69) is 5.32 Å². The Kier molecular flexibility index (Phi) is 2.65. The smallest absolute Gasteiger partial charge is 0.185 e. The Morgan fingerprint density at radius 2 is 1.90 bits per heavy atom. The van der Waals surface area contributed by atoms with E-state index in [1.165, 1.54) is 0 Å². The lowest BCUT2D eigenvalue weighted by Gasteiger charge is -1.98. The Bertz CT molecular complexity index is 936. The molecular formula is C17H11NO2S. The summed E-state index contributed by atoms with van der Waals surface area (Å²) < 4.78 is 5.79. The number of fused-ring (bicyclic) bond motifs is 3. The number of hydrogen-bond acceptors (Lipinski definition) is 3. The standard InChI is InChI=1S/C17H11NO2S/c19-14-9-17(21)18-13(14)8-10-5-6-16-12(7-10)11-3-1-2-4-15(11)20-16/h1-8H,9H2,(H,18,21)/b13-8-. The number of rotatable bonds is 1. The third-order valence-corrected chi connectivity index (χ3v) is 3.85. The highest BCUT2D eigenvalue weighted by Crippen LogP contribution is 2.29. The molecule has 1 N–H and O–H groups in total. The van der Waals surface area contributed by atoms with E-state index >= 15 is 0 Å². The number of para-hydroxylation sites is 1. The van der Waals surface area contributed by atoms with Gasteiger partial charge in [-0.1, -0.05) is 36.5 Å². The summed E-state index contributed by atoms with van der Waals surface area (Å²) in [6, 6.07) is 13.8. The Hall–Kier alpha value is -2.46. The molecule has 3 nitrogen and oxygen atoms in total. The second-order valence-electron chi connectivity index (χ2n) is 5.06. The number of allylic oxidation sites excluding steroid dienone is 1. The topological polar surface area (TPSA) is 42.2 Å². The highest BCUT2D eigenvalue weighted by Gasteiger charge is 2.20. The largest absolute Gasteiger partial charge is 0.456 e. The molecule has 102 valence electrons. The Morgan fingerprint density at radius 3 is 2.71 bits per heavy atom. The molecule has 4 rings (SSSR count). The lowest BCUT2D eigenvalue weighted by atomic mass is 10.1. The summed E-state index contributed by atoms with van der Waals surface area (Å²) in [7, 11) is 0. The van der Waals surface area contributed by atoms with E-state index in [1.807, 2.05) is 48.5 Å². The minimum Gasteiger partial charge on any atom is -0.456 e. The van der Waals surface area contributed by atoms with Crippen LogP contribution in [0.25, 0.3) is 28.0 Å². The first-order valence-electron chi connectivity index (χ1n) is 6.67. The average Bonchev–Trinajstić information content (AvgIpc) is 2.99. The van der Waals surface area contributed by atoms with Crippen molar-refractivity contribution in [2.75, 3.05) is 0 Å². The van der Waals surface area contributed by atoms with Crippen LogP contribution in [0.2, 0.25) is 0 Å². The number of ketones is 1. The molecule has 0 bridgehead atoms. The van der Waals surface area contributed by atoms with Crippen molar-refractivity contribution < 1.29 is 9.21 Å². The zero-order chi connectivity index (χ0) is 14.4. The van der Waals surface area contributed by atoms with Crippen LogP contribution in [0.1, 0.15) is 12.0 Å². The number of nitrogens with one attached hydrogen (secondary N) is 1. The van der Waals surface area contributed by atoms with Crippen molar-refractivity contribution in [3.8, 4) is 0 Å². The van der Waals surface area contributed by atoms with Gasteiger partial charge in [-0.05, 0) is 29.8 Å². The van der Waals surface area contributed by atoms with Crippen LogP contribution in [0.5, 0.6) is 0 Å². The monoisotopic (exact) mass is 293 g/mol. The van der Waals surface area contributed by atoms with Gasteiger partial charge in [0.1, 0.15) is 11.2 Å². The summed E-state index contributed by atoms with van der Waals surface area (Å²) in [6.07, 6.45) is 2.14. The van der Waals surface area contributed by atoms with Gasteiger partial charge in [-0.15, -0.1) is 0 Å². The second-order valence-corrected chi connectivity index (χ2v) is 5.55. The molecule has 2 heterocycles. The van der Waals surface area contributed by atoms with Crippen LogP contribution in [0, 0.1) is 0 Å². The summed E-state index contributed by atoms with van der Waals surface area (Å²) in [6.45, 7) is 0. The Morgan fingerprint density at radius 1 is 1.10 bits per heavy atom. The number of thiocarbonyl (C=S) groups is 1. The predicted octanol–water partition coefficient (Wildman–Crippen LogP) is 3.82. The number of benzene rings is 2. The molecule has 1 fully saturated rings. The van der Waals surface area contributed by atoms with Crippen LogP contribution in [-0.4, -0.2) is 10.8 Å². The molecule has 4 heteroatoms. The Balaban J connectivity index is 1.87. The van der Waals surface area contributed by atoms with Crippen LogP contribution >= 0.6 is 12.2 Å². The molecule has 1 aromatic heterocycles. The van der Waals surface area contributed by atoms with E-state index in [1.54, 1.807) is 0 Å². The highest BCUT2D eigenvalue weighted by atomic mass is 32.1. The maximum Gasteiger partial charge on any atom is 0.185 e. The summed E-state index contributed by atoms with van der Waals surface area (Å²) in [5.41, 5.74) is 3.23.